The Morgan fingerprint density at radius 1 is 1.36 bits per heavy atom. The van der Waals surface area contributed by atoms with Crippen LogP contribution in [0.4, 0.5) is 0 Å². The summed E-state index contributed by atoms with van der Waals surface area (Å²) < 4.78 is 0. The van der Waals surface area contributed by atoms with Gasteiger partial charge in [0.05, 0.1) is 11.7 Å². The van der Waals surface area contributed by atoms with E-state index < -0.39 is 17.6 Å². The number of hydrogen-bond donors (Lipinski definition) is 2. The number of hydrogen-bond acceptors (Lipinski definition) is 3. The lowest BCUT2D eigenvalue weighted by atomic mass is 9.61. The SMILES string of the molecule is CC(C)=C/C=C\[C@H](C)[C@H]1CC[C@]2(C)C[C@@]3(O)[C@H](C)C[C@@H](O)[C@@H]3/C(C=O)=C\C[C@@H]12. The van der Waals surface area contributed by atoms with Crippen LogP contribution in [0, 0.1) is 35.0 Å². The third-order valence-electron chi connectivity index (χ3n) is 8.14. The lowest BCUT2D eigenvalue weighted by molar-refractivity contribution is -0.110. The highest BCUT2D eigenvalue weighted by Gasteiger charge is 2.59. The molecular weight excluding hydrogens is 348 g/mol. The smallest absolute Gasteiger partial charge is 0.146 e. The van der Waals surface area contributed by atoms with E-state index in [0.29, 0.717) is 36.2 Å². The van der Waals surface area contributed by atoms with Crippen molar-refractivity contribution in [2.75, 3.05) is 0 Å². The maximum absolute atomic E-state index is 11.8. The largest absolute Gasteiger partial charge is 0.392 e. The van der Waals surface area contributed by atoms with Crippen LogP contribution in [-0.2, 0) is 4.79 Å². The number of aldehydes is 1. The molecule has 2 N–H and O–H groups in total. The van der Waals surface area contributed by atoms with Crippen molar-refractivity contribution in [2.24, 2.45) is 35.0 Å². The number of rotatable bonds is 4. The molecule has 2 fully saturated rings. The lowest BCUT2D eigenvalue weighted by Crippen LogP contribution is -2.48. The van der Waals surface area contributed by atoms with Crippen molar-refractivity contribution < 1.29 is 15.0 Å². The number of allylic oxidation sites excluding steroid dienone is 5. The standard InChI is InChI=1S/C25H38O3/c1-16(2)7-6-8-17(3)20-11-12-24(5)15-25(28)18(4)13-22(27)23(25)19(14-26)9-10-21(20)24/h6-9,14,17-18,20-23,27-28H,10-13,15H2,1-5H3/b8-6-,19-9-/t17-,18+,20+,21-,22+,23-,24+,25+/m0/s1. The molecule has 0 aromatic heterocycles. The van der Waals surface area contributed by atoms with Gasteiger partial charge in [0, 0.05) is 5.92 Å². The van der Waals surface area contributed by atoms with Crippen LogP contribution in [0.25, 0.3) is 0 Å². The summed E-state index contributed by atoms with van der Waals surface area (Å²) in [6.07, 6.45) is 13.3. The first-order valence-electron chi connectivity index (χ1n) is 11.0. The van der Waals surface area contributed by atoms with Crippen molar-refractivity contribution in [1.82, 2.24) is 0 Å². The molecule has 3 heteroatoms. The van der Waals surface area contributed by atoms with E-state index in [1.165, 1.54) is 5.57 Å². The van der Waals surface area contributed by atoms with Gasteiger partial charge in [0.15, 0.2) is 0 Å². The fourth-order valence-electron chi connectivity index (χ4n) is 6.57. The molecule has 3 aliphatic rings. The first-order chi connectivity index (χ1) is 13.1. The molecule has 0 heterocycles. The van der Waals surface area contributed by atoms with E-state index in [1.54, 1.807) is 0 Å². The molecule has 0 saturated heterocycles. The monoisotopic (exact) mass is 386 g/mol. The molecule has 3 aliphatic carbocycles. The van der Waals surface area contributed by atoms with Gasteiger partial charge < -0.3 is 10.2 Å². The Bertz CT molecular complexity index is 686. The second-order valence-corrected chi connectivity index (χ2v) is 10.4. The highest BCUT2D eigenvalue weighted by molar-refractivity contribution is 5.75. The van der Waals surface area contributed by atoms with Gasteiger partial charge >= 0.3 is 0 Å². The summed E-state index contributed by atoms with van der Waals surface area (Å²) in [6, 6.07) is 0. The first-order valence-corrected chi connectivity index (χ1v) is 11.0. The lowest BCUT2D eigenvalue weighted by Gasteiger charge is -2.46. The molecule has 0 spiro atoms. The number of aliphatic hydroxyl groups is 2. The minimum Gasteiger partial charge on any atom is -0.392 e. The Labute approximate surface area is 170 Å². The maximum atomic E-state index is 11.8. The summed E-state index contributed by atoms with van der Waals surface area (Å²) in [4.78, 5) is 11.8. The summed E-state index contributed by atoms with van der Waals surface area (Å²) in [5.74, 6) is 1.03. The third-order valence-corrected chi connectivity index (χ3v) is 8.14. The predicted molar refractivity (Wildman–Crippen MR) is 114 cm³/mol. The number of carbonyl (C=O) groups is 1. The fourth-order valence-corrected chi connectivity index (χ4v) is 6.57. The summed E-state index contributed by atoms with van der Waals surface area (Å²) in [7, 11) is 0. The van der Waals surface area contributed by atoms with Gasteiger partial charge in [0.2, 0.25) is 0 Å². The molecular formula is C25H38O3. The second kappa shape index (κ2) is 7.91. The normalized spacial score (nSPS) is 46.1. The van der Waals surface area contributed by atoms with Crippen molar-refractivity contribution in [3.63, 3.8) is 0 Å². The Hall–Kier alpha value is -1.19. The summed E-state index contributed by atoms with van der Waals surface area (Å²) in [5, 5.41) is 22.3. The molecule has 0 aromatic carbocycles. The summed E-state index contributed by atoms with van der Waals surface area (Å²) in [5.41, 5.74) is 0.959. The molecule has 28 heavy (non-hydrogen) atoms. The van der Waals surface area contributed by atoms with Crippen LogP contribution in [-0.4, -0.2) is 28.2 Å². The zero-order valence-corrected chi connectivity index (χ0v) is 18.2. The van der Waals surface area contributed by atoms with Crippen LogP contribution in [0.3, 0.4) is 0 Å². The molecule has 2 saturated carbocycles. The number of fused-ring (bicyclic) bond motifs is 2. The van der Waals surface area contributed by atoms with Gasteiger partial charge in [-0.05, 0) is 80.6 Å². The van der Waals surface area contributed by atoms with Crippen molar-refractivity contribution >= 4 is 6.29 Å². The van der Waals surface area contributed by atoms with Crippen molar-refractivity contribution in [3.8, 4) is 0 Å². The minimum absolute atomic E-state index is 0.000427. The topological polar surface area (TPSA) is 57.5 Å². The molecule has 0 aliphatic heterocycles. The predicted octanol–water partition coefficient (Wildman–Crippen LogP) is 4.84. The number of aliphatic hydroxyl groups excluding tert-OH is 1. The van der Waals surface area contributed by atoms with E-state index in [0.717, 1.165) is 25.5 Å². The zero-order chi connectivity index (χ0) is 20.7. The molecule has 0 bridgehead atoms. The highest BCUT2D eigenvalue weighted by atomic mass is 16.3. The fraction of sp³-hybridized carbons (Fsp3) is 0.720. The van der Waals surface area contributed by atoms with Crippen LogP contribution in [0.15, 0.2) is 35.5 Å². The average molecular weight is 387 g/mol. The van der Waals surface area contributed by atoms with Crippen molar-refractivity contribution in [2.45, 2.75) is 78.4 Å². The van der Waals surface area contributed by atoms with Crippen LogP contribution in [0.5, 0.6) is 0 Å². The van der Waals surface area contributed by atoms with Crippen LogP contribution in [0.1, 0.15) is 66.7 Å². The van der Waals surface area contributed by atoms with E-state index in [2.05, 4.69) is 45.9 Å². The zero-order valence-electron chi connectivity index (χ0n) is 18.2. The Kier molecular flexibility index (Phi) is 6.08. The summed E-state index contributed by atoms with van der Waals surface area (Å²) >= 11 is 0. The Morgan fingerprint density at radius 3 is 2.71 bits per heavy atom. The van der Waals surface area contributed by atoms with Crippen molar-refractivity contribution in [3.05, 3.63) is 35.5 Å². The Balaban J connectivity index is 1.94. The molecule has 3 nitrogen and oxygen atoms in total. The number of carbonyl (C=O) groups excluding carboxylic acids is 1. The average Bonchev–Trinajstić information content (AvgIpc) is 3.01. The van der Waals surface area contributed by atoms with Gasteiger partial charge in [-0.2, -0.15) is 0 Å². The molecule has 0 unspecified atom stereocenters. The quantitative estimate of drug-likeness (QED) is 0.537. The van der Waals surface area contributed by atoms with E-state index in [1.807, 2.05) is 13.0 Å². The summed E-state index contributed by atoms with van der Waals surface area (Å²) in [6.45, 7) is 10.9. The Morgan fingerprint density at radius 2 is 2.07 bits per heavy atom. The van der Waals surface area contributed by atoms with Crippen molar-refractivity contribution in [1.29, 1.82) is 0 Å². The maximum Gasteiger partial charge on any atom is 0.146 e. The van der Waals surface area contributed by atoms with Gasteiger partial charge in [0.25, 0.3) is 0 Å². The highest BCUT2D eigenvalue weighted by Crippen LogP contribution is 2.60. The molecule has 3 rings (SSSR count). The van der Waals surface area contributed by atoms with Gasteiger partial charge in [-0.3, -0.25) is 4.79 Å². The minimum atomic E-state index is -0.990. The first kappa shape index (κ1) is 21.5. The van der Waals surface area contributed by atoms with Crippen LogP contribution >= 0.6 is 0 Å². The second-order valence-electron chi connectivity index (χ2n) is 10.4. The van der Waals surface area contributed by atoms with E-state index in [4.69, 9.17) is 0 Å². The molecule has 0 amide bonds. The van der Waals surface area contributed by atoms with Gasteiger partial charge in [0.1, 0.15) is 6.29 Å². The van der Waals surface area contributed by atoms with E-state index in [9.17, 15) is 15.0 Å². The third kappa shape index (κ3) is 3.68. The molecule has 0 aromatic rings. The van der Waals surface area contributed by atoms with Crippen LogP contribution < -0.4 is 0 Å². The van der Waals surface area contributed by atoms with Gasteiger partial charge in [-0.15, -0.1) is 0 Å². The van der Waals surface area contributed by atoms with E-state index >= 15 is 0 Å². The van der Waals surface area contributed by atoms with Gasteiger partial charge in [-0.1, -0.05) is 50.6 Å². The van der Waals surface area contributed by atoms with Crippen LogP contribution in [0.2, 0.25) is 0 Å². The molecule has 0 radical (unpaired) electrons. The van der Waals surface area contributed by atoms with E-state index in [-0.39, 0.29) is 11.3 Å². The molecule has 8 atom stereocenters. The molecule has 156 valence electrons. The van der Waals surface area contributed by atoms with Gasteiger partial charge in [-0.25, -0.2) is 0 Å².